The fraction of sp³-hybridized carbons (Fsp3) is 0.455. The van der Waals surface area contributed by atoms with Gasteiger partial charge < -0.3 is 9.47 Å². The molecule has 17 heavy (non-hydrogen) atoms. The molecule has 0 aromatic carbocycles. The second kappa shape index (κ2) is 5.56. The third-order valence-electron chi connectivity index (χ3n) is 2.17. The molecule has 1 heterocycles. The molecule has 0 aliphatic carbocycles. The minimum atomic E-state index is -2.77. The summed E-state index contributed by atoms with van der Waals surface area (Å²) in [7, 11) is 1.34. The summed E-state index contributed by atoms with van der Waals surface area (Å²) >= 11 is 0. The van der Waals surface area contributed by atoms with Crippen molar-refractivity contribution in [3.05, 3.63) is 23.0 Å². The number of nitrogens with zero attached hydrogens (tertiary/aromatic N) is 1. The van der Waals surface area contributed by atoms with E-state index >= 15 is 0 Å². The lowest BCUT2D eigenvalue weighted by Crippen LogP contribution is -2.10. The van der Waals surface area contributed by atoms with Crippen molar-refractivity contribution in [1.82, 2.24) is 4.98 Å². The lowest BCUT2D eigenvalue weighted by atomic mass is 10.1. The average Bonchev–Trinajstić information content (AvgIpc) is 2.29. The number of methoxy groups -OCH3 is 1. The van der Waals surface area contributed by atoms with Crippen LogP contribution in [0.5, 0.6) is 5.75 Å². The van der Waals surface area contributed by atoms with Gasteiger partial charge in [-0.1, -0.05) is 0 Å². The van der Waals surface area contributed by atoms with Crippen molar-refractivity contribution in [2.75, 3.05) is 13.7 Å². The van der Waals surface area contributed by atoms with Gasteiger partial charge in [0.05, 0.1) is 13.7 Å². The fourth-order valence-electron chi connectivity index (χ4n) is 1.34. The molecule has 94 valence electrons. The van der Waals surface area contributed by atoms with Gasteiger partial charge in [0, 0.05) is 11.6 Å². The SMILES string of the molecule is CCOC(=O)c1cc(OC)c(C)c(C(F)F)n1. The molecule has 0 aliphatic rings. The maximum absolute atomic E-state index is 12.7. The number of aromatic nitrogens is 1. The molecule has 6 heteroatoms. The Morgan fingerprint density at radius 3 is 2.65 bits per heavy atom. The van der Waals surface area contributed by atoms with Crippen LogP contribution in [-0.2, 0) is 4.74 Å². The Morgan fingerprint density at radius 1 is 1.53 bits per heavy atom. The highest BCUT2D eigenvalue weighted by molar-refractivity contribution is 5.88. The zero-order valence-corrected chi connectivity index (χ0v) is 9.79. The number of carbonyl (C=O) groups excluding carboxylic acids is 1. The molecule has 0 radical (unpaired) electrons. The minimum Gasteiger partial charge on any atom is -0.496 e. The van der Waals surface area contributed by atoms with Crippen LogP contribution in [0.3, 0.4) is 0 Å². The highest BCUT2D eigenvalue weighted by atomic mass is 19.3. The molecule has 0 N–H and O–H groups in total. The van der Waals surface area contributed by atoms with Gasteiger partial charge in [-0.2, -0.15) is 0 Å². The number of hydrogen-bond acceptors (Lipinski definition) is 4. The molecule has 0 spiro atoms. The third kappa shape index (κ3) is 2.89. The molecule has 0 saturated heterocycles. The van der Waals surface area contributed by atoms with Crippen LogP contribution in [0.1, 0.15) is 35.1 Å². The topological polar surface area (TPSA) is 48.4 Å². The largest absolute Gasteiger partial charge is 0.496 e. The Kier molecular flexibility index (Phi) is 4.37. The van der Waals surface area contributed by atoms with Crippen molar-refractivity contribution in [3.63, 3.8) is 0 Å². The molecule has 1 aromatic rings. The summed E-state index contributed by atoms with van der Waals surface area (Å²) in [6, 6.07) is 1.29. The standard InChI is InChI=1S/C11H13F2NO3/c1-4-17-11(15)7-5-8(16-3)6(2)9(14-7)10(12)13/h5,10H,4H2,1-3H3. The van der Waals surface area contributed by atoms with E-state index in [-0.39, 0.29) is 23.6 Å². The van der Waals surface area contributed by atoms with E-state index in [1.165, 1.54) is 20.1 Å². The number of carbonyl (C=O) groups is 1. The van der Waals surface area contributed by atoms with E-state index in [9.17, 15) is 13.6 Å². The summed E-state index contributed by atoms with van der Waals surface area (Å²) in [6.45, 7) is 3.24. The molecule has 0 aliphatic heterocycles. The Hall–Kier alpha value is -1.72. The highest BCUT2D eigenvalue weighted by Gasteiger charge is 2.20. The minimum absolute atomic E-state index is 0.153. The number of pyridine rings is 1. The molecule has 0 atom stereocenters. The first kappa shape index (κ1) is 13.3. The fourth-order valence-corrected chi connectivity index (χ4v) is 1.34. The van der Waals surface area contributed by atoms with Crippen molar-refractivity contribution in [2.24, 2.45) is 0 Å². The first-order valence-electron chi connectivity index (χ1n) is 5.02. The number of ether oxygens (including phenoxy) is 2. The van der Waals surface area contributed by atoms with Gasteiger partial charge >= 0.3 is 5.97 Å². The summed E-state index contributed by atoms with van der Waals surface area (Å²) in [4.78, 5) is 15.0. The monoisotopic (exact) mass is 245 g/mol. The normalized spacial score (nSPS) is 10.5. The van der Waals surface area contributed by atoms with Crippen molar-refractivity contribution in [2.45, 2.75) is 20.3 Å². The van der Waals surface area contributed by atoms with E-state index in [0.717, 1.165) is 0 Å². The van der Waals surface area contributed by atoms with Crippen LogP contribution in [0.4, 0.5) is 8.78 Å². The van der Waals surface area contributed by atoms with Gasteiger partial charge in [0.1, 0.15) is 11.4 Å². The Balaban J connectivity index is 3.25. The molecule has 0 amide bonds. The van der Waals surface area contributed by atoms with Crippen LogP contribution < -0.4 is 4.74 Å². The van der Waals surface area contributed by atoms with Gasteiger partial charge in [-0.05, 0) is 13.8 Å². The predicted molar refractivity (Wildman–Crippen MR) is 56.4 cm³/mol. The van der Waals surface area contributed by atoms with Gasteiger partial charge in [0.25, 0.3) is 6.43 Å². The zero-order chi connectivity index (χ0) is 13.0. The number of alkyl halides is 2. The van der Waals surface area contributed by atoms with Crippen LogP contribution in [0.25, 0.3) is 0 Å². The third-order valence-corrected chi connectivity index (χ3v) is 2.17. The van der Waals surface area contributed by atoms with E-state index in [2.05, 4.69) is 4.98 Å². The zero-order valence-electron chi connectivity index (χ0n) is 9.79. The molecule has 0 bridgehead atoms. The number of esters is 1. The van der Waals surface area contributed by atoms with Crippen LogP contribution in [0.2, 0.25) is 0 Å². The number of rotatable bonds is 4. The maximum Gasteiger partial charge on any atom is 0.357 e. The van der Waals surface area contributed by atoms with Crippen LogP contribution >= 0.6 is 0 Å². The molecular formula is C11H13F2NO3. The van der Waals surface area contributed by atoms with E-state index in [4.69, 9.17) is 9.47 Å². The predicted octanol–water partition coefficient (Wildman–Crippen LogP) is 2.51. The van der Waals surface area contributed by atoms with Gasteiger partial charge in [0.15, 0.2) is 5.69 Å². The molecule has 1 aromatic heterocycles. The van der Waals surface area contributed by atoms with Crippen molar-refractivity contribution in [3.8, 4) is 5.75 Å². The van der Waals surface area contributed by atoms with Gasteiger partial charge in [-0.15, -0.1) is 0 Å². The lowest BCUT2D eigenvalue weighted by molar-refractivity contribution is 0.0517. The van der Waals surface area contributed by atoms with Crippen molar-refractivity contribution in [1.29, 1.82) is 0 Å². The Bertz CT molecular complexity index is 421. The van der Waals surface area contributed by atoms with E-state index in [0.29, 0.717) is 0 Å². The highest BCUT2D eigenvalue weighted by Crippen LogP contribution is 2.28. The number of hydrogen-bond donors (Lipinski definition) is 0. The molecule has 1 rings (SSSR count). The average molecular weight is 245 g/mol. The van der Waals surface area contributed by atoms with Gasteiger partial charge in [0.2, 0.25) is 0 Å². The van der Waals surface area contributed by atoms with Crippen LogP contribution in [0, 0.1) is 6.92 Å². The van der Waals surface area contributed by atoms with E-state index in [1.54, 1.807) is 6.92 Å². The molecule has 0 saturated carbocycles. The maximum atomic E-state index is 12.7. The van der Waals surface area contributed by atoms with Crippen LogP contribution in [-0.4, -0.2) is 24.7 Å². The molecular weight excluding hydrogens is 232 g/mol. The molecule has 0 fully saturated rings. The van der Waals surface area contributed by atoms with Crippen molar-refractivity contribution >= 4 is 5.97 Å². The van der Waals surface area contributed by atoms with Crippen LogP contribution in [0.15, 0.2) is 6.07 Å². The summed E-state index contributed by atoms with van der Waals surface area (Å²) in [5.74, 6) is -0.550. The van der Waals surface area contributed by atoms with Gasteiger partial charge in [-0.3, -0.25) is 0 Å². The summed E-state index contributed by atoms with van der Waals surface area (Å²) in [5.41, 5.74) is -0.424. The first-order valence-corrected chi connectivity index (χ1v) is 5.02. The van der Waals surface area contributed by atoms with Crippen molar-refractivity contribution < 1.29 is 23.0 Å². The summed E-state index contributed by atoms with van der Waals surface area (Å²) in [5, 5.41) is 0. The summed E-state index contributed by atoms with van der Waals surface area (Å²) in [6.07, 6.45) is -2.77. The van der Waals surface area contributed by atoms with E-state index in [1.807, 2.05) is 0 Å². The molecule has 0 unspecified atom stereocenters. The smallest absolute Gasteiger partial charge is 0.357 e. The second-order valence-electron chi connectivity index (χ2n) is 3.24. The Labute approximate surface area is 97.6 Å². The number of halogens is 2. The van der Waals surface area contributed by atoms with Gasteiger partial charge in [-0.25, -0.2) is 18.6 Å². The Morgan fingerprint density at radius 2 is 2.18 bits per heavy atom. The molecule has 4 nitrogen and oxygen atoms in total. The quantitative estimate of drug-likeness (QED) is 0.765. The second-order valence-corrected chi connectivity index (χ2v) is 3.24. The first-order chi connectivity index (χ1) is 8.01. The summed E-state index contributed by atoms with van der Waals surface area (Å²) < 4.78 is 35.0. The lowest BCUT2D eigenvalue weighted by Gasteiger charge is -2.11. The van der Waals surface area contributed by atoms with E-state index < -0.39 is 18.1 Å².